The predicted octanol–water partition coefficient (Wildman–Crippen LogP) is 2.13. The van der Waals surface area contributed by atoms with Crippen LogP contribution in [0.5, 0.6) is 0 Å². The highest BCUT2D eigenvalue weighted by Crippen LogP contribution is 2.27. The summed E-state index contributed by atoms with van der Waals surface area (Å²) in [5.74, 6) is 1.61. The molecule has 0 saturated carbocycles. The fourth-order valence-electron chi connectivity index (χ4n) is 2.95. The molecule has 1 saturated heterocycles. The van der Waals surface area contributed by atoms with E-state index in [0.29, 0.717) is 18.5 Å². The van der Waals surface area contributed by atoms with E-state index in [4.69, 9.17) is 5.73 Å². The van der Waals surface area contributed by atoms with Crippen LogP contribution in [0, 0.1) is 5.92 Å². The molecule has 18 heavy (non-hydrogen) atoms. The Labute approximate surface area is 107 Å². The van der Waals surface area contributed by atoms with Gasteiger partial charge in [-0.25, -0.2) is 4.98 Å². The van der Waals surface area contributed by atoms with Gasteiger partial charge in [0.2, 0.25) is 5.95 Å². The third-order valence-electron chi connectivity index (χ3n) is 4.01. The molecule has 0 aliphatic carbocycles. The number of fused-ring (bicyclic) bond motifs is 1. The van der Waals surface area contributed by atoms with Gasteiger partial charge in [-0.1, -0.05) is 19.1 Å². The van der Waals surface area contributed by atoms with Crippen molar-refractivity contribution in [3.8, 4) is 0 Å². The van der Waals surface area contributed by atoms with Crippen LogP contribution < -0.4 is 10.6 Å². The van der Waals surface area contributed by atoms with Crippen molar-refractivity contribution >= 4 is 17.0 Å². The standard InChI is InChI=1S/C14H20N4/c1-10-5-4-8-18(13(10)9-15)14-16-11-6-2-3-7-12(11)17-14/h2-3,6-7,10,13H,4-5,8-9,15H2,1H3,(H,16,17). The molecule has 1 aliphatic rings. The number of hydrogen-bond acceptors (Lipinski definition) is 3. The summed E-state index contributed by atoms with van der Waals surface area (Å²) in [4.78, 5) is 10.4. The molecule has 3 rings (SSSR count). The molecule has 4 nitrogen and oxygen atoms in total. The van der Waals surface area contributed by atoms with Crippen LogP contribution in [0.25, 0.3) is 11.0 Å². The van der Waals surface area contributed by atoms with Crippen LogP contribution in [0.4, 0.5) is 5.95 Å². The molecule has 1 aliphatic heterocycles. The van der Waals surface area contributed by atoms with Gasteiger partial charge in [0.25, 0.3) is 0 Å². The van der Waals surface area contributed by atoms with Crippen LogP contribution in [-0.4, -0.2) is 29.1 Å². The first-order chi connectivity index (χ1) is 8.79. The summed E-state index contributed by atoms with van der Waals surface area (Å²) < 4.78 is 0. The second kappa shape index (κ2) is 4.61. The maximum Gasteiger partial charge on any atom is 0.204 e. The van der Waals surface area contributed by atoms with Crippen LogP contribution in [0.2, 0.25) is 0 Å². The molecule has 0 spiro atoms. The second-order valence-corrected chi connectivity index (χ2v) is 5.19. The van der Waals surface area contributed by atoms with E-state index < -0.39 is 0 Å². The summed E-state index contributed by atoms with van der Waals surface area (Å²) >= 11 is 0. The van der Waals surface area contributed by atoms with Gasteiger partial charge in [-0.3, -0.25) is 0 Å². The lowest BCUT2D eigenvalue weighted by molar-refractivity contribution is 0.346. The molecule has 0 radical (unpaired) electrons. The number of hydrogen-bond donors (Lipinski definition) is 2. The highest BCUT2D eigenvalue weighted by molar-refractivity contribution is 5.77. The number of rotatable bonds is 2. The number of nitrogens with two attached hydrogens (primary N) is 1. The first-order valence-corrected chi connectivity index (χ1v) is 6.71. The van der Waals surface area contributed by atoms with Crippen LogP contribution in [-0.2, 0) is 0 Å². The predicted molar refractivity (Wildman–Crippen MR) is 74.7 cm³/mol. The Hall–Kier alpha value is -1.55. The minimum Gasteiger partial charge on any atom is -0.338 e. The number of anilines is 1. The van der Waals surface area contributed by atoms with Crippen LogP contribution in [0.3, 0.4) is 0 Å². The van der Waals surface area contributed by atoms with E-state index in [1.54, 1.807) is 0 Å². The topological polar surface area (TPSA) is 57.9 Å². The SMILES string of the molecule is CC1CCCN(c2nc3ccccc3[nH]2)C1CN. The van der Waals surface area contributed by atoms with Gasteiger partial charge < -0.3 is 15.6 Å². The summed E-state index contributed by atoms with van der Waals surface area (Å²) in [5, 5.41) is 0. The Kier molecular flexibility index (Phi) is 2.96. The van der Waals surface area contributed by atoms with Crippen LogP contribution >= 0.6 is 0 Å². The number of para-hydroxylation sites is 2. The van der Waals surface area contributed by atoms with Gasteiger partial charge in [0.05, 0.1) is 11.0 Å². The summed E-state index contributed by atoms with van der Waals surface area (Å²) in [6, 6.07) is 8.56. The van der Waals surface area contributed by atoms with Crippen molar-refractivity contribution in [2.75, 3.05) is 18.0 Å². The lowest BCUT2D eigenvalue weighted by Crippen LogP contribution is -2.49. The average Bonchev–Trinajstić information content (AvgIpc) is 2.82. The van der Waals surface area contributed by atoms with E-state index in [0.717, 1.165) is 23.5 Å². The lowest BCUT2D eigenvalue weighted by Gasteiger charge is -2.39. The normalized spacial score (nSPS) is 24.7. The van der Waals surface area contributed by atoms with E-state index in [1.165, 1.54) is 12.8 Å². The van der Waals surface area contributed by atoms with E-state index >= 15 is 0 Å². The van der Waals surface area contributed by atoms with Crippen molar-refractivity contribution in [2.45, 2.75) is 25.8 Å². The molecule has 96 valence electrons. The maximum atomic E-state index is 5.93. The molecule has 4 heteroatoms. The summed E-state index contributed by atoms with van der Waals surface area (Å²) in [7, 11) is 0. The minimum atomic E-state index is 0.402. The Bertz CT molecular complexity index is 500. The van der Waals surface area contributed by atoms with Gasteiger partial charge in [-0.15, -0.1) is 0 Å². The summed E-state index contributed by atoms with van der Waals surface area (Å²) in [6.07, 6.45) is 2.48. The quantitative estimate of drug-likeness (QED) is 0.850. The van der Waals surface area contributed by atoms with Gasteiger partial charge in [-0.2, -0.15) is 0 Å². The van der Waals surface area contributed by atoms with Crippen molar-refractivity contribution < 1.29 is 0 Å². The number of piperidine rings is 1. The Morgan fingerprint density at radius 3 is 3.06 bits per heavy atom. The first-order valence-electron chi connectivity index (χ1n) is 6.71. The molecule has 2 aromatic rings. The van der Waals surface area contributed by atoms with Crippen molar-refractivity contribution in [1.82, 2.24) is 9.97 Å². The third kappa shape index (κ3) is 1.86. The number of imidazole rings is 1. The molecule has 0 amide bonds. The molecule has 3 N–H and O–H groups in total. The Morgan fingerprint density at radius 2 is 2.28 bits per heavy atom. The molecule has 0 bridgehead atoms. The number of nitrogens with one attached hydrogen (secondary N) is 1. The van der Waals surface area contributed by atoms with Gasteiger partial charge in [-0.05, 0) is 30.9 Å². The molecular weight excluding hydrogens is 224 g/mol. The summed E-state index contributed by atoms with van der Waals surface area (Å²) in [5.41, 5.74) is 8.06. The smallest absolute Gasteiger partial charge is 0.204 e. The van der Waals surface area contributed by atoms with Crippen molar-refractivity contribution in [3.63, 3.8) is 0 Å². The largest absolute Gasteiger partial charge is 0.338 e. The zero-order chi connectivity index (χ0) is 12.5. The van der Waals surface area contributed by atoms with Crippen molar-refractivity contribution in [3.05, 3.63) is 24.3 Å². The minimum absolute atomic E-state index is 0.402. The number of aromatic amines is 1. The highest BCUT2D eigenvalue weighted by Gasteiger charge is 2.29. The van der Waals surface area contributed by atoms with Crippen LogP contribution in [0.15, 0.2) is 24.3 Å². The van der Waals surface area contributed by atoms with E-state index in [2.05, 4.69) is 27.9 Å². The third-order valence-corrected chi connectivity index (χ3v) is 4.01. The van der Waals surface area contributed by atoms with Gasteiger partial charge in [0.1, 0.15) is 0 Å². The molecule has 2 unspecified atom stereocenters. The average molecular weight is 244 g/mol. The zero-order valence-electron chi connectivity index (χ0n) is 10.8. The molecule has 1 fully saturated rings. The lowest BCUT2D eigenvalue weighted by atomic mass is 9.91. The monoisotopic (exact) mass is 244 g/mol. The number of benzene rings is 1. The van der Waals surface area contributed by atoms with Gasteiger partial charge >= 0.3 is 0 Å². The molecule has 1 aromatic heterocycles. The first kappa shape index (κ1) is 11.5. The van der Waals surface area contributed by atoms with E-state index in [9.17, 15) is 0 Å². The maximum absolute atomic E-state index is 5.93. The van der Waals surface area contributed by atoms with E-state index in [-0.39, 0.29) is 0 Å². The van der Waals surface area contributed by atoms with Gasteiger partial charge in [0.15, 0.2) is 0 Å². The fraction of sp³-hybridized carbons (Fsp3) is 0.500. The van der Waals surface area contributed by atoms with Crippen molar-refractivity contribution in [1.29, 1.82) is 0 Å². The molecular formula is C14H20N4. The second-order valence-electron chi connectivity index (χ2n) is 5.19. The van der Waals surface area contributed by atoms with Gasteiger partial charge in [0, 0.05) is 19.1 Å². The molecule has 2 heterocycles. The van der Waals surface area contributed by atoms with Crippen LogP contribution in [0.1, 0.15) is 19.8 Å². The van der Waals surface area contributed by atoms with E-state index in [1.807, 2.05) is 18.2 Å². The summed E-state index contributed by atoms with van der Waals surface area (Å²) in [6.45, 7) is 4.02. The molecule has 2 atom stereocenters. The number of nitrogens with zero attached hydrogens (tertiary/aromatic N) is 2. The Morgan fingerprint density at radius 1 is 1.44 bits per heavy atom. The fourth-order valence-corrected chi connectivity index (χ4v) is 2.95. The number of H-pyrrole nitrogens is 1. The van der Waals surface area contributed by atoms with Crippen molar-refractivity contribution in [2.24, 2.45) is 11.7 Å². The number of aromatic nitrogens is 2. The zero-order valence-corrected chi connectivity index (χ0v) is 10.8. The Balaban J connectivity index is 1.96. The highest BCUT2D eigenvalue weighted by atomic mass is 15.3. The molecule has 1 aromatic carbocycles.